The van der Waals surface area contributed by atoms with Crippen molar-refractivity contribution in [2.24, 2.45) is 0 Å². The SMILES string of the molecule is COc1ccc(Oc2c(C)cc(C(C)=O)cc2I)cc1NC(C)=O. The fourth-order valence-electron chi connectivity index (χ4n) is 2.22. The van der Waals surface area contributed by atoms with Crippen LogP contribution in [0.1, 0.15) is 29.8 Å². The summed E-state index contributed by atoms with van der Waals surface area (Å²) in [5, 5.41) is 2.71. The number of nitrogens with one attached hydrogen (secondary N) is 1. The second-order valence-electron chi connectivity index (χ2n) is 5.31. The van der Waals surface area contributed by atoms with Gasteiger partial charge in [0.25, 0.3) is 0 Å². The lowest BCUT2D eigenvalue weighted by Gasteiger charge is -2.15. The summed E-state index contributed by atoms with van der Waals surface area (Å²) >= 11 is 2.14. The summed E-state index contributed by atoms with van der Waals surface area (Å²) in [6.45, 7) is 4.86. The number of ether oxygens (including phenoxy) is 2. The lowest BCUT2D eigenvalue weighted by Crippen LogP contribution is -2.07. The van der Waals surface area contributed by atoms with Crippen molar-refractivity contribution in [2.45, 2.75) is 20.8 Å². The van der Waals surface area contributed by atoms with Crippen LogP contribution in [-0.2, 0) is 4.79 Å². The molecule has 6 heteroatoms. The van der Waals surface area contributed by atoms with Gasteiger partial charge in [-0.3, -0.25) is 9.59 Å². The van der Waals surface area contributed by atoms with Crippen molar-refractivity contribution in [3.8, 4) is 17.2 Å². The van der Waals surface area contributed by atoms with Gasteiger partial charge in [-0.25, -0.2) is 0 Å². The summed E-state index contributed by atoms with van der Waals surface area (Å²) in [6, 6.07) is 8.79. The number of halogens is 1. The van der Waals surface area contributed by atoms with Gasteiger partial charge in [0.2, 0.25) is 5.91 Å². The number of methoxy groups -OCH3 is 1. The Morgan fingerprint density at radius 1 is 1.12 bits per heavy atom. The Labute approximate surface area is 154 Å². The fourth-order valence-corrected chi connectivity index (χ4v) is 3.09. The van der Waals surface area contributed by atoms with E-state index in [0.717, 1.165) is 9.13 Å². The summed E-state index contributed by atoms with van der Waals surface area (Å²) in [4.78, 5) is 22.9. The number of benzene rings is 2. The number of Topliss-reactive ketones (excluding diaryl/α,β-unsaturated/α-hetero) is 1. The second kappa shape index (κ2) is 7.65. The first-order chi connectivity index (χ1) is 11.3. The zero-order chi connectivity index (χ0) is 17.9. The lowest BCUT2D eigenvalue weighted by atomic mass is 10.1. The molecule has 0 saturated carbocycles. The van der Waals surface area contributed by atoms with Gasteiger partial charge in [0, 0.05) is 18.6 Å². The number of carbonyl (C=O) groups excluding carboxylic acids is 2. The van der Waals surface area contributed by atoms with Crippen LogP contribution in [0, 0.1) is 10.5 Å². The molecular weight excluding hydrogens is 421 g/mol. The zero-order valence-corrected chi connectivity index (χ0v) is 16.1. The molecule has 1 N–H and O–H groups in total. The van der Waals surface area contributed by atoms with Crippen LogP contribution in [0.3, 0.4) is 0 Å². The average molecular weight is 439 g/mol. The number of aryl methyl sites for hydroxylation is 1. The highest BCUT2D eigenvalue weighted by Crippen LogP contribution is 2.35. The van der Waals surface area contributed by atoms with Gasteiger partial charge in [-0.05, 0) is 66.3 Å². The molecule has 0 spiro atoms. The minimum Gasteiger partial charge on any atom is -0.495 e. The molecule has 2 rings (SSSR count). The van der Waals surface area contributed by atoms with E-state index < -0.39 is 0 Å². The van der Waals surface area contributed by atoms with Crippen LogP contribution in [0.4, 0.5) is 5.69 Å². The predicted octanol–water partition coefficient (Wildman–Crippen LogP) is 4.56. The molecule has 1 amide bonds. The van der Waals surface area contributed by atoms with Crippen LogP contribution in [0.2, 0.25) is 0 Å². The first-order valence-electron chi connectivity index (χ1n) is 7.26. The Balaban J connectivity index is 2.38. The van der Waals surface area contributed by atoms with Gasteiger partial charge in [0.05, 0.1) is 16.4 Å². The quantitative estimate of drug-likeness (QED) is 0.548. The summed E-state index contributed by atoms with van der Waals surface area (Å²) in [7, 11) is 1.54. The predicted molar refractivity (Wildman–Crippen MR) is 101 cm³/mol. The van der Waals surface area contributed by atoms with E-state index in [1.807, 2.05) is 6.92 Å². The number of carbonyl (C=O) groups is 2. The highest BCUT2D eigenvalue weighted by atomic mass is 127. The highest BCUT2D eigenvalue weighted by Gasteiger charge is 2.13. The third-order valence-corrected chi connectivity index (χ3v) is 4.14. The molecule has 24 heavy (non-hydrogen) atoms. The number of rotatable bonds is 5. The van der Waals surface area contributed by atoms with Gasteiger partial charge in [0.15, 0.2) is 5.78 Å². The van der Waals surface area contributed by atoms with E-state index in [1.54, 1.807) is 30.3 Å². The molecule has 5 nitrogen and oxygen atoms in total. The second-order valence-corrected chi connectivity index (χ2v) is 6.47. The minimum absolute atomic E-state index is 0.0138. The molecule has 0 aliphatic heterocycles. The van der Waals surface area contributed by atoms with Crippen molar-refractivity contribution in [3.63, 3.8) is 0 Å². The van der Waals surface area contributed by atoms with E-state index in [2.05, 4.69) is 27.9 Å². The van der Waals surface area contributed by atoms with Crippen LogP contribution in [0.25, 0.3) is 0 Å². The van der Waals surface area contributed by atoms with Gasteiger partial charge in [0.1, 0.15) is 17.2 Å². The molecule has 0 heterocycles. The van der Waals surface area contributed by atoms with E-state index in [4.69, 9.17) is 9.47 Å². The normalized spacial score (nSPS) is 10.2. The Morgan fingerprint density at radius 2 is 1.83 bits per heavy atom. The van der Waals surface area contributed by atoms with Crippen LogP contribution < -0.4 is 14.8 Å². The van der Waals surface area contributed by atoms with Gasteiger partial charge in [-0.15, -0.1) is 0 Å². The number of hydrogen-bond donors (Lipinski definition) is 1. The molecule has 0 aliphatic carbocycles. The Bertz CT molecular complexity index is 779. The standard InChI is InChI=1S/C18H18INO4/c1-10-7-13(11(2)21)8-15(19)18(10)24-14-5-6-17(23-4)16(9-14)20-12(3)22/h5-9H,1-4H3,(H,20,22). The molecule has 0 aliphatic rings. The fraction of sp³-hybridized carbons (Fsp3) is 0.222. The molecule has 2 aromatic rings. The van der Waals surface area contributed by atoms with E-state index in [1.165, 1.54) is 21.0 Å². The van der Waals surface area contributed by atoms with Crippen LogP contribution in [-0.4, -0.2) is 18.8 Å². The topological polar surface area (TPSA) is 64.6 Å². The zero-order valence-electron chi connectivity index (χ0n) is 13.9. The molecular formula is C18H18INO4. The van der Waals surface area contributed by atoms with Gasteiger partial charge < -0.3 is 14.8 Å². The van der Waals surface area contributed by atoms with Crippen LogP contribution in [0.15, 0.2) is 30.3 Å². The Hall–Kier alpha value is -2.09. The molecule has 0 saturated heterocycles. The summed E-state index contributed by atoms with van der Waals surface area (Å²) < 4.78 is 12.0. The summed E-state index contributed by atoms with van der Waals surface area (Å²) in [6.07, 6.45) is 0. The monoisotopic (exact) mass is 439 g/mol. The van der Waals surface area contributed by atoms with Crippen molar-refractivity contribution in [1.82, 2.24) is 0 Å². The van der Waals surface area contributed by atoms with Crippen molar-refractivity contribution >= 4 is 40.0 Å². The minimum atomic E-state index is -0.193. The van der Waals surface area contributed by atoms with Gasteiger partial charge in [-0.1, -0.05) is 0 Å². The first kappa shape index (κ1) is 18.3. The maximum atomic E-state index is 11.5. The number of ketones is 1. The molecule has 2 aromatic carbocycles. The van der Waals surface area contributed by atoms with E-state index in [0.29, 0.717) is 28.5 Å². The number of amides is 1. The Kier molecular flexibility index (Phi) is 5.82. The van der Waals surface area contributed by atoms with Gasteiger partial charge >= 0.3 is 0 Å². The molecule has 0 fully saturated rings. The number of hydrogen-bond acceptors (Lipinski definition) is 4. The first-order valence-corrected chi connectivity index (χ1v) is 8.34. The third kappa shape index (κ3) is 4.25. The lowest BCUT2D eigenvalue weighted by molar-refractivity contribution is -0.114. The van der Waals surface area contributed by atoms with Crippen molar-refractivity contribution in [2.75, 3.05) is 12.4 Å². The van der Waals surface area contributed by atoms with E-state index >= 15 is 0 Å². The molecule has 0 aromatic heterocycles. The van der Waals surface area contributed by atoms with Gasteiger partial charge in [-0.2, -0.15) is 0 Å². The van der Waals surface area contributed by atoms with Crippen molar-refractivity contribution in [3.05, 3.63) is 45.0 Å². The highest BCUT2D eigenvalue weighted by molar-refractivity contribution is 14.1. The van der Waals surface area contributed by atoms with E-state index in [9.17, 15) is 9.59 Å². The Morgan fingerprint density at radius 3 is 2.38 bits per heavy atom. The number of anilines is 1. The molecule has 0 radical (unpaired) electrons. The third-order valence-electron chi connectivity index (χ3n) is 3.34. The largest absolute Gasteiger partial charge is 0.495 e. The maximum absolute atomic E-state index is 11.5. The van der Waals surface area contributed by atoms with Crippen molar-refractivity contribution in [1.29, 1.82) is 0 Å². The van der Waals surface area contributed by atoms with Crippen LogP contribution >= 0.6 is 22.6 Å². The summed E-state index contributed by atoms with van der Waals surface area (Å²) in [5.74, 6) is 1.62. The molecule has 126 valence electrons. The maximum Gasteiger partial charge on any atom is 0.221 e. The average Bonchev–Trinajstić information content (AvgIpc) is 2.50. The smallest absolute Gasteiger partial charge is 0.221 e. The molecule has 0 bridgehead atoms. The summed E-state index contributed by atoms with van der Waals surface area (Å²) in [5.41, 5.74) is 2.05. The van der Waals surface area contributed by atoms with E-state index in [-0.39, 0.29) is 11.7 Å². The van der Waals surface area contributed by atoms with Crippen LogP contribution in [0.5, 0.6) is 17.2 Å². The van der Waals surface area contributed by atoms with Crippen molar-refractivity contribution < 1.29 is 19.1 Å². The molecule has 0 unspecified atom stereocenters. The molecule has 0 atom stereocenters.